The molecule has 1 aliphatic heterocycles. The number of aliphatic hydroxyl groups excluding tert-OH is 2. The van der Waals surface area contributed by atoms with Crippen LogP contribution in [0.5, 0.6) is 0 Å². The molecule has 7 nitrogen and oxygen atoms in total. The first-order valence-electron chi connectivity index (χ1n) is 14.2. The van der Waals surface area contributed by atoms with E-state index in [4.69, 9.17) is 36.5 Å². The van der Waals surface area contributed by atoms with Crippen LogP contribution in [0, 0.1) is 5.92 Å². The number of hydrogen-bond acceptors (Lipinski definition) is 7. The fourth-order valence-electron chi connectivity index (χ4n) is 4.63. The van der Waals surface area contributed by atoms with Crippen LogP contribution in [0.3, 0.4) is 0 Å². The van der Waals surface area contributed by atoms with Crippen molar-refractivity contribution in [3.63, 3.8) is 0 Å². The molecule has 2 aromatic carbocycles. The number of rotatable bonds is 15. The summed E-state index contributed by atoms with van der Waals surface area (Å²) >= 11 is 6.04. The van der Waals surface area contributed by atoms with E-state index in [0.717, 1.165) is 80.9 Å². The smallest absolute Gasteiger partial charge is 0.151 e. The van der Waals surface area contributed by atoms with Crippen molar-refractivity contribution in [2.45, 2.75) is 77.7 Å². The number of piperidine rings is 1. The monoisotopic (exact) mass is 557 g/mol. The van der Waals surface area contributed by atoms with Gasteiger partial charge in [0.2, 0.25) is 0 Å². The Morgan fingerprint density at radius 2 is 1.79 bits per heavy atom. The van der Waals surface area contributed by atoms with Gasteiger partial charge in [0, 0.05) is 43.3 Å². The van der Waals surface area contributed by atoms with Crippen molar-refractivity contribution in [3.05, 3.63) is 58.6 Å². The van der Waals surface area contributed by atoms with Crippen LogP contribution in [0.15, 0.2) is 52.4 Å². The third-order valence-electron chi connectivity index (χ3n) is 7.11. The van der Waals surface area contributed by atoms with Gasteiger partial charge < -0.3 is 20.1 Å². The number of ether oxygens (including phenoxy) is 1. The fraction of sp³-hybridized carbons (Fsp3) is 0.548. The lowest BCUT2D eigenvalue weighted by atomic mass is 9.97. The minimum Gasteiger partial charge on any atom is -0.381 e. The predicted octanol–water partition coefficient (Wildman–Crippen LogP) is 6.57. The lowest BCUT2D eigenvalue weighted by Gasteiger charge is -2.35. The number of halogens is 1. The van der Waals surface area contributed by atoms with Gasteiger partial charge in [-0.05, 0) is 93.2 Å². The van der Waals surface area contributed by atoms with Gasteiger partial charge >= 0.3 is 0 Å². The van der Waals surface area contributed by atoms with E-state index in [2.05, 4.69) is 11.8 Å². The van der Waals surface area contributed by atoms with Crippen LogP contribution < -0.4 is 0 Å². The van der Waals surface area contributed by atoms with Crippen LogP contribution in [0.4, 0.5) is 11.4 Å². The van der Waals surface area contributed by atoms with E-state index < -0.39 is 12.5 Å². The highest BCUT2D eigenvalue weighted by molar-refractivity contribution is 6.30. The second-order valence-corrected chi connectivity index (χ2v) is 10.7. The number of unbranched alkanes of at least 4 members (excludes halogenated alkanes) is 3. The Bertz CT molecular complexity index is 1050. The average molecular weight is 558 g/mol. The molecule has 1 unspecified atom stereocenters. The van der Waals surface area contributed by atoms with Gasteiger partial charge in [0.25, 0.3) is 0 Å². The molecular formula is C31H44ClN3O4. The molecule has 214 valence electrons. The molecule has 0 radical (unpaired) electrons. The average Bonchev–Trinajstić information content (AvgIpc) is 2.94. The summed E-state index contributed by atoms with van der Waals surface area (Å²) in [6, 6.07) is 13.3. The quantitative estimate of drug-likeness (QED) is 0.131. The van der Waals surface area contributed by atoms with E-state index in [1.807, 2.05) is 55.6 Å². The van der Waals surface area contributed by atoms with Crippen molar-refractivity contribution in [3.8, 4) is 0 Å². The summed E-state index contributed by atoms with van der Waals surface area (Å²) in [5.74, 6) is 0.546. The highest BCUT2D eigenvalue weighted by atomic mass is 35.5. The molecule has 1 saturated heterocycles. The van der Waals surface area contributed by atoms with Crippen LogP contribution in [0.25, 0.3) is 0 Å². The van der Waals surface area contributed by atoms with Gasteiger partial charge in [0.15, 0.2) is 6.29 Å². The zero-order chi connectivity index (χ0) is 28.0. The van der Waals surface area contributed by atoms with E-state index in [0.29, 0.717) is 35.9 Å². The first-order chi connectivity index (χ1) is 18.9. The number of aliphatic imine (C=N–C) groups is 2. The lowest BCUT2D eigenvalue weighted by Crippen LogP contribution is -2.37. The molecule has 0 saturated carbocycles. The summed E-state index contributed by atoms with van der Waals surface area (Å²) < 4.78 is 5.83. The molecule has 1 fully saturated rings. The molecule has 2 aromatic rings. The first-order valence-corrected chi connectivity index (χ1v) is 14.6. The molecular weight excluding hydrogens is 514 g/mol. The summed E-state index contributed by atoms with van der Waals surface area (Å²) in [6.45, 7) is 7.42. The molecule has 0 aliphatic carbocycles. The van der Waals surface area contributed by atoms with Gasteiger partial charge in [-0.2, -0.15) is 0 Å². The Balaban J connectivity index is 1.71. The zero-order valence-electron chi connectivity index (χ0n) is 23.3. The molecule has 1 atom stereocenters. The Kier molecular flexibility index (Phi) is 13.6. The molecule has 1 heterocycles. The second-order valence-electron chi connectivity index (χ2n) is 10.3. The predicted molar refractivity (Wildman–Crippen MR) is 160 cm³/mol. The summed E-state index contributed by atoms with van der Waals surface area (Å²) in [6.07, 6.45) is 6.74. The summed E-state index contributed by atoms with van der Waals surface area (Å²) in [7, 11) is 0. The van der Waals surface area contributed by atoms with Crippen molar-refractivity contribution >= 4 is 34.9 Å². The van der Waals surface area contributed by atoms with E-state index in [9.17, 15) is 5.11 Å². The van der Waals surface area contributed by atoms with Gasteiger partial charge in [-0.25, -0.2) is 0 Å². The van der Waals surface area contributed by atoms with Crippen molar-refractivity contribution in [2.24, 2.45) is 15.9 Å². The Hall–Kier alpha value is -2.13. The van der Waals surface area contributed by atoms with E-state index in [1.54, 1.807) is 0 Å². The molecule has 39 heavy (non-hydrogen) atoms. The fourth-order valence-corrected chi connectivity index (χ4v) is 4.76. The van der Waals surface area contributed by atoms with Crippen LogP contribution in [0.1, 0.15) is 82.6 Å². The largest absolute Gasteiger partial charge is 0.381 e. The van der Waals surface area contributed by atoms with Crippen molar-refractivity contribution < 1.29 is 20.1 Å². The van der Waals surface area contributed by atoms with Crippen molar-refractivity contribution in [1.82, 2.24) is 4.90 Å². The molecule has 1 aliphatic rings. The maximum Gasteiger partial charge on any atom is 0.151 e. The maximum absolute atomic E-state index is 11.2. The van der Waals surface area contributed by atoms with E-state index >= 15 is 0 Å². The molecule has 3 N–H and O–H groups in total. The SMILES string of the molecule is CCCCOCC1CCN(C(O)c2ccc(N=C(C)c3ccc(Cl)cc3)c(N=CCCCCC(O)O)c2)CC1. The van der Waals surface area contributed by atoms with Gasteiger partial charge in [-0.15, -0.1) is 0 Å². The Morgan fingerprint density at radius 3 is 2.49 bits per heavy atom. The van der Waals surface area contributed by atoms with Crippen molar-refractivity contribution in [1.29, 1.82) is 0 Å². The number of nitrogens with zero attached hydrogens (tertiary/aromatic N) is 3. The molecule has 0 spiro atoms. The minimum absolute atomic E-state index is 0.354. The third-order valence-corrected chi connectivity index (χ3v) is 7.37. The van der Waals surface area contributed by atoms with Crippen LogP contribution in [-0.4, -0.2) is 64.7 Å². The zero-order valence-corrected chi connectivity index (χ0v) is 24.1. The summed E-state index contributed by atoms with van der Waals surface area (Å²) in [5, 5.41) is 30.0. The number of aliphatic hydroxyl groups is 3. The Labute approximate surface area is 238 Å². The van der Waals surface area contributed by atoms with E-state index in [-0.39, 0.29) is 0 Å². The molecule has 0 amide bonds. The number of likely N-dealkylation sites (tertiary alicyclic amines) is 1. The van der Waals surface area contributed by atoms with Gasteiger partial charge in [0.05, 0.1) is 11.4 Å². The van der Waals surface area contributed by atoms with Crippen LogP contribution in [0.2, 0.25) is 5.02 Å². The topological polar surface area (TPSA) is 97.9 Å². The summed E-state index contributed by atoms with van der Waals surface area (Å²) in [4.78, 5) is 11.7. The van der Waals surface area contributed by atoms with Gasteiger partial charge in [-0.1, -0.05) is 43.1 Å². The van der Waals surface area contributed by atoms with Gasteiger partial charge in [0.1, 0.15) is 6.23 Å². The maximum atomic E-state index is 11.2. The number of benzene rings is 2. The normalized spacial score (nSPS) is 16.4. The van der Waals surface area contributed by atoms with Crippen molar-refractivity contribution in [2.75, 3.05) is 26.3 Å². The molecule has 3 rings (SSSR count). The minimum atomic E-state index is -1.27. The lowest BCUT2D eigenvalue weighted by molar-refractivity contribution is -0.0464. The van der Waals surface area contributed by atoms with Crippen LogP contribution >= 0.6 is 11.6 Å². The third kappa shape index (κ3) is 10.7. The molecule has 0 aromatic heterocycles. The second kappa shape index (κ2) is 16.9. The first kappa shape index (κ1) is 31.4. The highest BCUT2D eigenvalue weighted by Gasteiger charge is 2.25. The number of hydrogen-bond donors (Lipinski definition) is 3. The highest BCUT2D eigenvalue weighted by Crippen LogP contribution is 2.34. The van der Waals surface area contributed by atoms with Gasteiger partial charge in [-0.3, -0.25) is 14.9 Å². The van der Waals surface area contributed by atoms with E-state index in [1.165, 1.54) is 0 Å². The Morgan fingerprint density at radius 1 is 1.05 bits per heavy atom. The molecule has 0 bridgehead atoms. The molecule has 8 heteroatoms. The standard InChI is InChI=1S/C31H44ClN3O4/c1-3-4-20-39-22-24-15-18-35(19-16-24)31(38)26-11-14-28(34-23(2)25-9-12-27(32)13-10-25)29(21-26)33-17-7-5-6-8-30(36)37/h9-14,17,21,24,30-31,36-38H,3-8,15-16,18-20,22H2,1-2H3. The van der Waals surface area contributed by atoms with Crippen LogP contribution in [-0.2, 0) is 4.74 Å². The summed E-state index contributed by atoms with van der Waals surface area (Å²) in [5.41, 5.74) is 4.04.